The van der Waals surface area contributed by atoms with Crippen molar-refractivity contribution in [2.45, 2.75) is 38.5 Å². The third-order valence-electron chi connectivity index (χ3n) is 5.86. The van der Waals surface area contributed by atoms with Crippen LogP contribution in [0, 0.1) is 5.92 Å². The van der Waals surface area contributed by atoms with Gasteiger partial charge in [0.2, 0.25) is 0 Å². The monoisotopic (exact) mass is 352 g/mol. The minimum atomic E-state index is -0.0801. The van der Waals surface area contributed by atoms with Crippen LogP contribution in [0.25, 0.3) is 11.3 Å². The zero-order valence-electron chi connectivity index (χ0n) is 16.0. The number of benzene rings is 1. The fourth-order valence-corrected chi connectivity index (χ4v) is 4.56. The molecule has 1 aliphatic carbocycles. The van der Waals surface area contributed by atoms with Crippen LogP contribution in [0.2, 0.25) is 0 Å². The predicted molar refractivity (Wildman–Crippen MR) is 105 cm³/mol. The number of hydrogen-bond acceptors (Lipinski definition) is 5. The minimum absolute atomic E-state index is 0.0801. The van der Waals surface area contributed by atoms with Gasteiger partial charge in [0.25, 0.3) is 0 Å². The van der Waals surface area contributed by atoms with E-state index in [0.717, 1.165) is 50.3 Å². The number of anilines is 2. The Morgan fingerprint density at radius 2 is 2.00 bits per heavy atom. The first-order chi connectivity index (χ1) is 12.5. The molecule has 0 amide bonds. The third-order valence-corrected chi connectivity index (χ3v) is 5.86. The lowest BCUT2D eigenvalue weighted by atomic mass is 9.71. The molecule has 5 nitrogen and oxygen atoms in total. The van der Waals surface area contributed by atoms with Crippen molar-refractivity contribution < 1.29 is 4.74 Å². The van der Waals surface area contributed by atoms with Crippen LogP contribution in [0.5, 0.6) is 0 Å². The number of ether oxygens (including phenoxy) is 1. The average Bonchev–Trinajstić information content (AvgIpc) is 2.61. The van der Waals surface area contributed by atoms with Crippen molar-refractivity contribution in [2.75, 3.05) is 37.4 Å². The van der Waals surface area contributed by atoms with Crippen LogP contribution >= 0.6 is 0 Å². The van der Waals surface area contributed by atoms with E-state index in [2.05, 4.69) is 54.0 Å². The first kappa shape index (κ1) is 17.3. The van der Waals surface area contributed by atoms with Crippen LogP contribution in [0.3, 0.4) is 0 Å². The highest BCUT2D eigenvalue weighted by Gasteiger charge is 2.36. The first-order valence-electron chi connectivity index (χ1n) is 9.49. The van der Waals surface area contributed by atoms with Gasteiger partial charge in [-0.05, 0) is 42.2 Å². The smallest absolute Gasteiger partial charge is 0.131 e. The van der Waals surface area contributed by atoms with Gasteiger partial charge >= 0.3 is 0 Å². The van der Waals surface area contributed by atoms with Gasteiger partial charge in [-0.3, -0.25) is 0 Å². The quantitative estimate of drug-likeness (QED) is 0.917. The molecule has 0 saturated carbocycles. The predicted octanol–water partition coefficient (Wildman–Crippen LogP) is 3.42. The van der Waals surface area contributed by atoms with E-state index in [1.54, 1.807) is 6.33 Å². The molecule has 1 aliphatic heterocycles. The van der Waals surface area contributed by atoms with Gasteiger partial charge < -0.3 is 15.4 Å². The largest absolute Gasteiger partial charge is 0.383 e. The normalized spacial score (nSPS) is 18.9. The average molecular weight is 352 g/mol. The van der Waals surface area contributed by atoms with E-state index in [9.17, 15) is 0 Å². The number of nitrogen functional groups attached to an aromatic ring is 1. The lowest BCUT2D eigenvalue weighted by Crippen LogP contribution is -2.33. The van der Waals surface area contributed by atoms with Crippen LogP contribution < -0.4 is 10.6 Å². The molecule has 2 N–H and O–H groups in total. The van der Waals surface area contributed by atoms with Crippen molar-refractivity contribution in [3.05, 3.63) is 35.7 Å². The number of nitrogens with zero attached hydrogens (tertiary/aromatic N) is 3. The van der Waals surface area contributed by atoms with E-state index in [4.69, 9.17) is 10.5 Å². The maximum absolute atomic E-state index is 6.22. The molecular formula is C21H28N4O. The molecule has 5 heteroatoms. The second-order valence-electron chi connectivity index (χ2n) is 8.28. The van der Waals surface area contributed by atoms with Gasteiger partial charge in [-0.1, -0.05) is 26.0 Å². The van der Waals surface area contributed by atoms with Crippen molar-refractivity contribution in [3.63, 3.8) is 0 Å². The van der Waals surface area contributed by atoms with Gasteiger partial charge in [0.15, 0.2) is 0 Å². The Kier molecular flexibility index (Phi) is 4.35. The topological polar surface area (TPSA) is 64.3 Å². The molecule has 1 aromatic carbocycles. The molecule has 2 aromatic rings. The van der Waals surface area contributed by atoms with Gasteiger partial charge in [-0.25, -0.2) is 9.97 Å². The summed E-state index contributed by atoms with van der Waals surface area (Å²) in [5.74, 6) is 1.30. The molecule has 1 saturated heterocycles. The van der Waals surface area contributed by atoms with Crippen LogP contribution in [0.1, 0.15) is 37.8 Å². The van der Waals surface area contributed by atoms with Crippen molar-refractivity contribution in [1.82, 2.24) is 9.97 Å². The summed E-state index contributed by atoms with van der Waals surface area (Å²) in [6.45, 7) is 7.33. The van der Waals surface area contributed by atoms with E-state index in [1.165, 1.54) is 16.8 Å². The second kappa shape index (κ2) is 6.54. The van der Waals surface area contributed by atoms with E-state index in [-0.39, 0.29) is 5.41 Å². The molecule has 4 rings (SSSR count). The summed E-state index contributed by atoms with van der Waals surface area (Å²) < 4.78 is 5.51. The van der Waals surface area contributed by atoms with Crippen LogP contribution in [-0.4, -0.2) is 36.8 Å². The molecule has 0 bridgehead atoms. The van der Waals surface area contributed by atoms with Crippen molar-refractivity contribution in [1.29, 1.82) is 0 Å². The molecule has 0 radical (unpaired) electrons. The lowest BCUT2D eigenvalue weighted by Gasteiger charge is -2.37. The van der Waals surface area contributed by atoms with Crippen molar-refractivity contribution >= 4 is 11.5 Å². The highest BCUT2D eigenvalue weighted by Crippen LogP contribution is 2.46. The number of hydrogen-bond donors (Lipinski definition) is 1. The number of fused-ring (bicyclic) bond motifs is 3. The minimum Gasteiger partial charge on any atom is -0.383 e. The molecule has 2 heterocycles. The van der Waals surface area contributed by atoms with Crippen LogP contribution in [-0.2, 0) is 16.6 Å². The maximum atomic E-state index is 6.22. The SMILES string of the molecule is CN(CC1CCOCC1)c1cccc2c1CC(C)(C)c1c(N)ncnc1-2. The van der Waals surface area contributed by atoms with Gasteiger partial charge in [0.05, 0.1) is 5.69 Å². The molecule has 138 valence electrons. The molecule has 0 atom stereocenters. The fraction of sp³-hybridized carbons (Fsp3) is 0.524. The second-order valence-corrected chi connectivity index (χ2v) is 8.28. The summed E-state index contributed by atoms with van der Waals surface area (Å²) in [7, 11) is 2.21. The zero-order valence-corrected chi connectivity index (χ0v) is 16.0. The zero-order chi connectivity index (χ0) is 18.3. The molecule has 0 spiro atoms. The van der Waals surface area contributed by atoms with Crippen LogP contribution in [0.15, 0.2) is 24.5 Å². The Labute approximate surface area is 155 Å². The van der Waals surface area contributed by atoms with Gasteiger partial charge in [-0.2, -0.15) is 0 Å². The molecule has 2 aliphatic rings. The summed E-state index contributed by atoms with van der Waals surface area (Å²) in [4.78, 5) is 11.3. The molecule has 26 heavy (non-hydrogen) atoms. The number of rotatable bonds is 3. The number of nitrogens with two attached hydrogens (primary N) is 1. The fourth-order valence-electron chi connectivity index (χ4n) is 4.56. The van der Waals surface area contributed by atoms with E-state index in [0.29, 0.717) is 11.7 Å². The highest BCUT2D eigenvalue weighted by atomic mass is 16.5. The van der Waals surface area contributed by atoms with E-state index >= 15 is 0 Å². The Hall–Kier alpha value is -2.14. The molecule has 1 fully saturated rings. The molecule has 0 unspecified atom stereocenters. The van der Waals surface area contributed by atoms with E-state index < -0.39 is 0 Å². The Bertz CT molecular complexity index is 812. The third kappa shape index (κ3) is 2.94. The van der Waals surface area contributed by atoms with E-state index in [1.807, 2.05) is 0 Å². The highest BCUT2D eigenvalue weighted by molar-refractivity contribution is 5.80. The molecule has 1 aromatic heterocycles. The summed E-state index contributed by atoms with van der Waals surface area (Å²) in [5, 5.41) is 0. The molecular weight excluding hydrogens is 324 g/mol. The van der Waals surface area contributed by atoms with Gasteiger partial charge in [0, 0.05) is 43.6 Å². The Morgan fingerprint density at radius 3 is 2.77 bits per heavy atom. The van der Waals surface area contributed by atoms with Crippen LogP contribution in [0.4, 0.5) is 11.5 Å². The van der Waals surface area contributed by atoms with Crippen molar-refractivity contribution in [3.8, 4) is 11.3 Å². The first-order valence-corrected chi connectivity index (χ1v) is 9.49. The summed E-state index contributed by atoms with van der Waals surface area (Å²) in [6.07, 6.45) is 4.83. The lowest BCUT2D eigenvalue weighted by molar-refractivity contribution is 0.0685. The number of aromatic nitrogens is 2. The standard InChI is InChI=1S/C21H28N4O/c1-21(2)11-16-15(19-18(21)20(22)24-13-23-19)5-4-6-17(16)25(3)12-14-7-9-26-10-8-14/h4-6,13-14H,7-12H2,1-3H3,(H2,22,23,24). The van der Waals surface area contributed by atoms with Gasteiger partial charge in [0.1, 0.15) is 12.1 Å². The Morgan fingerprint density at radius 1 is 1.23 bits per heavy atom. The summed E-state index contributed by atoms with van der Waals surface area (Å²) in [6, 6.07) is 6.54. The Balaban J connectivity index is 1.74. The summed E-state index contributed by atoms with van der Waals surface area (Å²) >= 11 is 0. The maximum Gasteiger partial charge on any atom is 0.131 e. The van der Waals surface area contributed by atoms with Crippen molar-refractivity contribution in [2.24, 2.45) is 5.92 Å². The summed E-state index contributed by atoms with van der Waals surface area (Å²) in [5.41, 5.74) is 12.1. The van der Waals surface area contributed by atoms with Gasteiger partial charge in [-0.15, -0.1) is 0 Å².